The monoisotopic (exact) mass is 388 g/mol. The number of anilines is 1. The van der Waals surface area contributed by atoms with Gasteiger partial charge >= 0.3 is 0 Å². The lowest BCUT2D eigenvalue weighted by molar-refractivity contribution is -0.120. The molecule has 144 valence electrons. The quantitative estimate of drug-likeness (QED) is 0.849. The van der Waals surface area contributed by atoms with Crippen LogP contribution in [0, 0.1) is 5.92 Å². The molecule has 0 bridgehead atoms. The summed E-state index contributed by atoms with van der Waals surface area (Å²) in [6.45, 7) is 1.59. The summed E-state index contributed by atoms with van der Waals surface area (Å²) in [5.74, 6) is 0.0434. The Morgan fingerprint density at radius 2 is 2.00 bits per heavy atom. The van der Waals surface area contributed by atoms with E-state index in [1.165, 1.54) is 4.31 Å². The standard InChI is InChI=1S/C19H24N4O3S/c24-19(20-18-12-17-9-5-11-23(17)21-18)16-8-4-10-22(13-16)27(25,26)14-15-6-2-1-3-7-15/h1-3,6-7,12,16H,4-5,8-11,13-14H2,(H,20,21,24). The third-order valence-corrected chi connectivity index (χ3v) is 7.07. The summed E-state index contributed by atoms with van der Waals surface area (Å²) in [6, 6.07) is 11.1. The van der Waals surface area contributed by atoms with Crippen LogP contribution in [-0.4, -0.2) is 41.5 Å². The molecule has 1 atom stereocenters. The van der Waals surface area contributed by atoms with Gasteiger partial charge in [0.25, 0.3) is 0 Å². The minimum atomic E-state index is -3.44. The van der Waals surface area contributed by atoms with Gasteiger partial charge in [0, 0.05) is 31.4 Å². The molecule has 1 N–H and O–H groups in total. The smallest absolute Gasteiger partial charge is 0.230 e. The highest BCUT2D eigenvalue weighted by molar-refractivity contribution is 7.88. The number of carbonyl (C=O) groups is 1. The lowest BCUT2D eigenvalue weighted by atomic mass is 9.99. The summed E-state index contributed by atoms with van der Waals surface area (Å²) >= 11 is 0. The van der Waals surface area contributed by atoms with E-state index < -0.39 is 10.0 Å². The van der Waals surface area contributed by atoms with Crippen LogP contribution in [0.2, 0.25) is 0 Å². The Kier molecular flexibility index (Phi) is 5.01. The molecule has 1 amide bonds. The van der Waals surface area contributed by atoms with Gasteiger partial charge in [0.15, 0.2) is 5.82 Å². The Balaban J connectivity index is 1.40. The summed E-state index contributed by atoms with van der Waals surface area (Å²) in [7, 11) is -3.44. The first kappa shape index (κ1) is 18.2. The normalized spacial score (nSPS) is 20.4. The van der Waals surface area contributed by atoms with Crippen molar-refractivity contribution in [3.63, 3.8) is 0 Å². The van der Waals surface area contributed by atoms with Crippen LogP contribution in [0.4, 0.5) is 5.82 Å². The minimum absolute atomic E-state index is 0.0318. The highest BCUT2D eigenvalue weighted by atomic mass is 32.2. The number of aryl methyl sites for hydroxylation is 2. The van der Waals surface area contributed by atoms with Crippen molar-refractivity contribution in [1.82, 2.24) is 14.1 Å². The van der Waals surface area contributed by atoms with Crippen molar-refractivity contribution >= 4 is 21.7 Å². The fourth-order valence-electron chi connectivity index (χ4n) is 3.83. The molecule has 3 heterocycles. The van der Waals surface area contributed by atoms with Crippen LogP contribution in [0.5, 0.6) is 0 Å². The van der Waals surface area contributed by atoms with E-state index >= 15 is 0 Å². The fourth-order valence-corrected chi connectivity index (χ4v) is 5.45. The molecule has 1 saturated heterocycles. The molecule has 0 saturated carbocycles. The second-order valence-corrected chi connectivity index (χ2v) is 9.24. The SMILES string of the molecule is O=C(Nc1cc2n(n1)CCC2)C1CCCN(S(=O)(=O)Cc2ccccc2)C1. The first-order valence-corrected chi connectivity index (χ1v) is 11.0. The number of aromatic nitrogens is 2. The van der Waals surface area contributed by atoms with Gasteiger partial charge in [-0.25, -0.2) is 12.7 Å². The minimum Gasteiger partial charge on any atom is -0.309 e. The van der Waals surface area contributed by atoms with Gasteiger partial charge in [0.2, 0.25) is 15.9 Å². The Morgan fingerprint density at radius 1 is 1.19 bits per heavy atom. The maximum atomic E-state index is 12.8. The number of fused-ring (bicyclic) bond motifs is 1. The molecule has 2 aromatic rings. The topological polar surface area (TPSA) is 84.3 Å². The number of sulfonamides is 1. The molecule has 1 aromatic carbocycles. The summed E-state index contributed by atoms with van der Waals surface area (Å²) in [6.07, 6.45) is 3.45. The number of carbonyl (C=O) groups excluding carboxylic acids is 1. The molecule has 4 rings (SSSR count). The van der Waals surface area contributed by atoms with E-state index in [-0.39, 0.29) is 24.1 Å². The van der Waals surface area contributed by atoms with Crippen LogP contribution < -0.4 is 5.32 Å². The van der Waals surface area contributed by atoms with E-state index in [2.05, 4.69) is 10.4 Å². The van der Waals surface area contributed by atoms with Crippen molar-refractivity contribution < 1.29 is 13.2 Å². The van der Waals surface area contributed by atoms with Gasteiger partial charge in [-0.05, 0) is 31.2 Å². The average Bonchev–Trinajstić information content (AvgIpc) is 3.24. The van der Waals surface area contributed by atoms with Gasteiger partial charge in [-0.15, -0.1) is 0 Å². The van der Waals surface area contributed by atoms with Crippen LogP contribution in [0.25, 0.3) is 0 Å². The Hall–Kier alpha value is -2.19. The predicted molar refractivity (Wildman–Crippen MR) is 103 cm³/mol. The molecule has 2 aliphatic heterocycles. The molecular formula is C19H24N4O3S. The second kappa shape index (κ2) is 7.44. The predicted octanol–water partition coefficient (Wildman–Crippen LogP) is 2.01. The molecular weight excluding hydrogens is 364 g/mol. The summed E-state index contributed by atoms with van der Waals surface area (Å²) in [5.41, 5.74) is 1.90. The zero-order valence-electron chi connectivity index (χ0n) is 15.2. The number of amides is 1. The third kappa shape index (κ3) is 4.06. The maximum absolute atomic E-state index is 12.8. The molecule has 7 nitrogen and oxygen atoms in total. The summed E-state index contributed by atoms with van der Waals surface area (Å²) < 4.78 is 28.9. The van der Waals surface area contributed by atoms with E-state index in [9.17, 15) is 13.2 Å². The molecule has 1 fully saturated rings. The van der Waals surface area contributed by atoms with Crippen LogP contribution >= 0.6 is 0 Å². The maximum Gasteiger partial charge on any atom is 0.230 e. The highest BCUT2D eigenvalue weighted by Gasteiger charge is 2.32. The zero-order valence-corrected chi connectivity index (χ0v) is 16.0. The third-order valence-electron chi connectivity index (χ3n) is 5.26. The van der Waals surface area contributed by atoms with Crippen molar-refractivity contribution in [3.8, 4) is 0 Å². The van der Waals surface area contributed by atoms with Crippen molar-refractivity contribution in [3.05, 3.63) is 47.7 Å². The lowest BCUT2D eigenvalue weighted by Crippen LogP contribution is -2.44. The van der Waals surface area contributed by atoms with Crippen molar-refractivity contribution in [1.29, 1.82) is 0 Å². The van der Waals surface area contributed by atoms with Crippen molar-refractivity contribution in [2.75, 3.05) is 18.4 Å². The molecule has 0 aliphatic carbocycles. The number of rotatable bonds is 5. The van der Waals surface area contributed by atoms with Gasteiger partial charge in [0.05, 0.1) is 11.7 Å². The Bertz CT molecular complexity index is 902. The molecule has 1 aromatic heterocycles. The number of hydrogen-bond acceptors (Lipinski definition) is 4. The Labute approximate surface area is 159 Å². The first-order valence-electron chi connectivity index (χ1n) is 9.40. The van der Waals surface area contributed by atoms with Gasteiger partial charge in [-0.3, -0.25) is 9.48 Å². The van der Waals surface area contributed by atoms with E-state index in [4.69, 9.17) is 0 Å². The summed E-state index contributed by atoms with van der Waals surface area (Å²) in [5, 5.41) is 7.27. The fraction of sp³-hybridized carbons (Fsp3) is 0.474. The molecule has 8 heteroatoms. The van der Waals surface area contributed by atoms with Crippen LogP contribution in [-0.2, 0) is 33.5 Å². The average molecular weight is 388 g/mol. The lowest BCUT2D eigenvalue weighted by Gasteiger charge is -2.31. The molecule has 0 radical (unpaired) electrons. The van der Waals surface area contributed by atoms with E-state index in [1.807, 2.05) is 41.1 Å². The number of piperidine rings is 1. The largest absolute Gasteiger partial charge is 0.309 e. The number of hydrogen-bond donors (Lipinski definition) is 1. The molecule has 27 heavy (non-hydrogen) atoms. The number of nitrogens with zero attached hydrogens (tertiary/aromatic N) is 3. The highest BCUT2D eigenvalue weighted by Crippen LogP contribution is 2.24. The van der Waals surface area contributed by atoms with Crippen LogP contribution in [0.1, 0.15) is 30.5 Å². The van der Waals surface area contributed by atoms with Crippen LogP contribution in [0.15, 0.2) is 36.4 Å². The first-order chi connectivity index (χ1) is 13.0. The van der Waals surface area contributed by atoms with Crippen molar-refractivity contribution in [2.24, 2.45) is 5.92 Å². The Morgan fingerprint density at radius 3 is 2.78 bits per heavy atom. The second-order valence-electron chi connectivity index (χ2n) is 7.28. The molecule has 2 aliphatic rings. The van der Waals surface area contributed by atoms with Gasteiger partial charge in [0.1, 0.15) is 0 Å². The van der Waals surface area contributed by atoms with E-state index in [0.717, 1.165) is 30.6 Å². The molecule has 0 spiro atoms. The van der Waals surface area contributed by atoms with Crippen LogP contribution in [0.3, 0.4) is 0 Å². The zero-order chi connectivity index (χ0) is 18.9. The van der Waals surface area contributed by atoms with Gasteiger partial charge in [-0.1, -0.05) is 30.3 Å². The molecule has 1 unspecified atom stereocenters. The summed E-state index contributed by atoms with van der Waals surface area (Å²) in [4.78, 5) is 12.6. The van der Waals surface area contributed by atoms with Crippen molar-refractivity contribution in [2.45, 2.75) is 38.0 Å². The number of benzene rings is 1. The van der Waals surface area contributed by atoms with Gasteiger partial charge < -0.3 is 5.32 Å². The van der Waals surface area contributed by atoms with Gasteiger partial charge in [-0.2, -0.15) is 5.10 Å². The number of nitrogens with one attached hydrogen (secondary N) is 1. The van der Waals surface area contributed by atoms with E-state index in [1.54, 1.807) is 0 Å². The van der Waals surface area contributed by atoms with E-state index in [0.29, 0.717) is 25.2 Å².